The van der Waals surface area contributed by atoms with Gasteiger partial charge in [-0.05, 0) is 57.1 Å². The average Bonchev–Trinajstić information content (AvgIpc) is 3.33. The van der Waals surface area contributed by atoms with Crippen molar-refractivity contribution < 1.29 is 33.4 Å². The Morgan fingerprint density at radius 2 is 1.26 bits per heavy atom. The number of unbranched alkanes of at least 4 members (excludes halogenated alkanes) is 10. The number of benzene rings is 1. The third-order valence-electron chi connectivity index (χ3n) is 7.92. The van der Waals surface area contributed by atoms with Crippen molar-refractivity contribution in [1.29, 1.82) is 0 Å². The van der Waals surface area contributed by atoms with Crippen LogP contribution >= 0.6 is 0 Å². The Kier molecular flexibility index (Phi) is 17.5. The van der Waals surface area contributed by atoms with Gasteiger partial charge >= 0.3 is 23.9 Å². The summed E-state index contributed by atoms with van der Waals surface area (Å²) in [5, 5.41) is 0. The van der Waals surface area contributed by atoms with Crippen LogP contribution in [0.25, 0.3) is 0 Å². The van der Waals surface area contributed by atoms with Gasteiger partial charge in [0.1, 0.15) is 0 Å². The van der Waals surface area contributed by atoms with E-state index in [1.54, 1.807) is 24.3 Å². The van der Waals surface area contributed by atoms with Crippen molar-refractivity contribution in [2.75, 3.05) is 13.2 Å². The van der Waals surface area contributed by atoms with E-state index in [2.05, 4.69) is 31.6 Å². The molecule has 1 saturated heterocycles. The summed E-state index contributed by atoms with van der Waals surface area (Å²) in [4.78, 5) is 47.0. The van der Waals surface area contributed by atoms with E-state index in [9.17, 15) is 19.2 Å². The fourth-order valence-electron chi connectivity index (χ4n) is 5.43. The standard InChI is InChI=1S/C24H38O4.C11H14O3/c1-3-5-7-9-11-15-19-27-23(25)21-17-13-14-18-22(21)24(26)28-20-16-12-10-8-6-4-2;1-7-3-2-4-8(5-7)9-6-10(12)14-11(9)13/h13-14,17-18H,3-12,15-16,19-20H2,1-2H3;3,8-9H,2,4-6H2,1H3. The molecule has 234 valence electrons. The average molecular weight is 585 g/mol. The summed E-state index contributed by atoms with van der Waals surface area (Å²) in [5.74, 6) is -1.41. The maximum atomic E-state index is 12.4. The SMILES string of the molecule is CC1=CCCC(C2CC(=O)OC2=O)C1.CCCCCCCCOC(=O)c1ccccc1C(=O)OCCCCCCCC. The molecule has 1 aromatic rings. The van der Waals surface area contributed by atoms with Crippen LogP contribution in [0.2, 0.25) is 0 Å². The summed E-state index contributed by atoms with van der Waals surface area (Å²) < 4.78 is 15.3. The van der Waals surface area contributed by atoms with Crippen LogP contribution in [0.3, 0.4) is 0 Å². The van der Waals surface area contributed by atoms with Gasteiger partial charge in [-0.3, -0.25) is 9.59 Å². The quantitative estimate of drug-likeness (QED) is 0.0595. The summed E-state index contributed by atoms with van der Waals surface area (Å²) in [6.07, 6.45) is 19.1. The molecule has 0 spiro atoms. The summed E-state index contributed by atoms with van der Waals surface area (Å²) in [7, 11) is 0. The normalized spacial score (nSPS) is 18.0. The van der Waals surface area contributed by atoms with Gasteiger partial charge in [-0.2, -0.15) is 0 Å². The lowest BCUT2D eigenvalue weighted by atomic mass is 9.79. The number of hydrogen-bond donors (Lipinski definition) is 0. The molecular weight excluding hydrogens is 532 g/mol. The van der Waals surface area contributed by atoms with E-state index in [4.69, 9.17) is 9.47 Å². The highest BCUT2D eigenvalue weighted by atomic mass is 16.6. The van der Waals surface area contributed by atoms with Crippen LogP contribution in [0, 0.1) is 11.8 Å². The summed E-state index contributed by atoms with van der Waals surface area (Å²) in [6.45, 7) is 7.25. The molecule has 0 amide bonds. The second-order valence-electron chi connectivity index (χ2n) is 11.5. The molecule has 2 unspecified atom stereocenters. The fraction of sp³-hybridized carbons (Fsp3) is 0.657. The minimum absolute atomic E-state index is 0.175. The molecule has 7 heteroatoms. The van der Waals surface area contributed by atoms with E-state index in [1.165, 1.54) is 56.9 Å². The molecule has 0 radical (unpaired) electrons. The Bertz CT molecular complexity index is 963. The van der Waals surface area contributed by atoms with Crippen molar-refractivity contribution in [2.45, 2.75) is 124 Å². The van der Waals surface area contributed by atoms with Gasteiger partial charge in [-0.1, -0.05) is 102 Å². The van der Waals surface area contributed by atoms with Gasteiger partial charge in [0.2, 0.25) is 0 Å². The Morgan fingerprint density at radius 3 is 1.71 bits per heavy atom. The molecule has 1 fully saturated rings. The first kappa shape index (κ1) is 35.2. The third-order valence-corrected chi connectivity index (χ3v) is 7.92. The Morgan fingerprint density at radius 1 is 0.762 bits per heavy atom. The molecule has 2 aliphatic rings. The number of allylic oxidation sites excluding steroid dienone is 2. The zero-order chi connectivity index (χ0) is 30.6. The maximum Gasteiger partial charge on any atom is 0.339 e. The lowest BCUT2D eigenvalue weighted by molar-refractivity contribution is -0.153. The van der Waals surface area contributed by atoms with Gasteiger partial charge in [-0.15, -0.1) is 0 Å². The molecule has 1 aromatic carbocycles. The van der Waals surface area contributed by atoms with Crippen LogP contribution in [-0.2, 0) is 23.8 Å². The first-order valence-electron chi connectivity index (χ1n) is 16.2. The molecule has 7 nitrogen and oxygen atoms in total. The smallest absolute Gasteiger partial charge is 0.339 e. The highest BCUT2D eigenvalue weighted by molar-refractivity contribution is 6.03. The molecule has 42 heavy (non-hydrogen) atoms. The number of carbonyl (C=O) groups excluding carboxylic acids is 4. The molecule has 0 aromatic heterocycles. The summed E-state index contributed by atoms with van der Waals surface area (Å²) in [6, 6.07) is 6.74. The van der Waals surface area contributed by atoms with E-state index in [0.29, 0.717) is 30.3 Å². The predicted octanol–water partition coefficient (Wildman–Crippen LogP) is 8.54. The van der Waals surface area contributed by atoms with Gasteiger partial charge in [0.05, 0.1) is 36.7 Å². The zero-order valence-electron chi connectivity index (χ0n) is 26.1. The lowest BCUT2D eigenvalue weighted by Crippen LogP contribution is -2.21. The number of cyclic esters (lactones) is 2. The first-order chi connectivity index (χ1) is 20.4. The molecule has 0 N–H and O–H groups in total. The van der Waals surface area contributed by atoms with Crippen molar-refractivity contribution in [2.24, 2.45) is 11.8 Å². The Hall–Kier alpha value is -2.96. The van der Waals surface area contributed by atoms with Crippen LogP contribution in [0.15, 0.2) is 35.9 Å². The number of esters is 4. The van der Waals surface area contributed by atoms with E-state index < -0.39 is 11.9 Å². The summed E-state index contributed by atoms with van der Waals surface area (Å²) >= 11 is 0. The monoisotopic (exact) mass is 584 g/mol. The first-order valence-corrected chi connectivity index (χ1v) is 16.2. The molecule has 0 saturated carbocycles. The van der Waals surface area contributed by atoms with Crippen molar-refractivity contribution in [3.63, 3.8) is 0 Å². The minimum Gasteiger partial charge on any atom is -0.462 e. The zero-order valence-corrected chi connectivity index (χ0v) is 26.1. The van der Waals surface area contributed by atoms with Crippen LogP contribution in [0.5, 0.6) is 0 Å². The number of carbonyl (C=O) groups is 4. The van der Waals surface area contributed by atoms with Crippen molar-refractivity contribution >= 4 is 23.9 Å². The molecule has 1 heterocycles. The Labute approximate surface area is 252 Å². The van der Waals surface area contributed by atoms with Gasteiger partial charge in [0.25, 0.3) is 0 Å². The molecule has 1 aliphatic heterocycles. The molecule has 1 aliphatic carbocycles. The second-order valence-corrected chi connectivity index (χ2v) is 11.5. The fourth-order valence-corrected chi connectivity index (χ4v) is 5.43. The summed E-state index contributed by atoms with van der Waals surface area (Å²) in [5.41, 5.74) is 1.91. The molecule has 3 rings (SSSR count). The largest absolute Gasteiger partial charge is 0.462 e. The van der Waals surface area contributed by atoms with Gasteiger partial charge < -0.3 is 14.2 Å². The lowest BCUT2D eigenvalue weighted by Gasteiger charge is -2.23. The molecular formula is C35H52O7. The highest BCUT2D eigenvalue weighted by Crippen LogP contribution is 2.35. The van der Waals surface area contributed by atoms with Crippen LogP contribution in [-0.4, -0.2) is 37.1 Å². The predicted molar refractivity (Wildman–Crippen MR) is 164 cm³/mol. The number of hydrogen-bond acceptors (Lipinski definition) is 7. The molecule has 0 bridgehead atoms. The van der Waals surface area contributed by atoms with Crippen molar-refractivity contribution in [1.82, 2.24) is 0 Å². The minimum atomic E-state index is -0.444. The van der Waals surface area contributed by atoms with Crippen LogP contribution < -0.4 is 0 Å². The highest BCUT2D eigenvalue weighted by Gasteiger charge is 2.39. The topological polar surface area (TPSA) is 96.0 Å². The molecule has 2 atom stereocenters. The van der Waals surface area contributed by atoms with Crippen LogP contribution in [0.1, 0.15) is 144 Å². The second kappa shape index (κ2) is 20.8. The third kappa shape index (κ3) is 13.3. The van der Waals surface area contributed by atoms with Crippen molar-refractivity contribution in [3.05, 3.63) is 47.0 Å². The van der Waals surface area contributed by atoms with E-state index in [0.717, 1.165) is 44.9 Å². The number of rotatable bonds is 17. The maximum absolute atomic E-state index is 12.4. The van der Waals surface area contributed by atoms with Gasteiger partial charge in [0.15, 0.2) is 0 Å². The van der Waals surface area contributed by atoms with E-state index in [-0.39, 0.29) is 24.3 Å². The van der Waals surface area contributed by atoms with Crippen molar-refractivity contribution in [3.8, 4) is 0 Å². The van der Waals surface area contributed by atoms with Gasteiger partial charge in [-0.25, -0.2) is 9.59 Å². The Balaban J connectivity index is 0.000000363. The van der Waals surface area contributed by atoms with E-state index >= 15 is 0 Å². The van der Waals surface area contributed by atoms with E-state index in [1.807, 2.05) is 0 Å². The van der Waals surface area contributed by atoms with Gasteiger partial charge in [0, 0.05) is 0 Å². The number of ether oxygens (including phenoxy) is 3. The van der Waals surface area contributed by atoms with Crippen LogP contribution in [0.4, 0.5) is 0 Å².